The van der Waals surface area contributed by atoms with Crippen LogP contribution in [0.3, 0.4) is 0 Å². The van der Waals surface area contributed by atoms with E-state index in [1.165, 1.54) is 11.3 Å². The molecule has 33 heavy (non-hydrogen) atoms. The first-order valence-electron chi connectivity index (χ1n) is 10.1. The van der Waals surface area contributed by atoms with Crippen molar-refractivity contribution < 1.29 is 9.59 Å². The molecule has 0 atom stereocenters. The number of nitrogens with one attached hydrogen (secondary N) is 2. The van der Waals surface area contributed by atoms with Crippen molar-refractivity contribution in [2.24, 2.45) is 0 Å². The van der Waals surface area contributed by atoms with Crippen LogP contribution in [-0.4, -0.2) is 16.8 Å². The highest BCUT2D eigenvalue weighted by atomic mass is 35.5. The molecule has 1 aromatic heterocycles. The molecule has 0 aliphatic rings. The first-order valence-corrected chi connectivity index (χ1v) is 12.4. The van der Waals surface area contributed by atoms with E-state index in [0.717, 1.165) is 26.8 Å². The molecule has 166 valence electrons. The fourth-order valence-electron chi connectivity index (χ4n) is 2.96. The Morgan fingerprint density at radius 1 is 0.909 bits per heavy atom. The van der Waals surface area contributed by atoms with Gasteiger partial charge in [-0.05, 0) is 42.0 Å². The van der Waals surface area contributed by atoms with Gasteiger partial charge in [0.1, 0.15) is 5.01 Å². The summed E-state index contributed by atoms with van der Waals surface area (Å²) in [6, 6.07) is 24.8. The monoisotopic (exact) mass is 493 g/mol. The lowest BCUT2D eigenvalue weighted by Gasteiger charge is -2.08. The summed E-state index contributed by atoms with van der Waals surface area (Å²) in [5, 5.41) is 3.42. The molecule has 0 saturated heterocycles. The second-order valence-corrected chi connectivity index (χ2v) is 9.47. The van der Waals surface area contributed by atoms with Gasteiger partial charge in [0.2, 0.25) is 5.91 Å². The molecule has 4 rings (SSSR count). The maximum Gasteiger partial charge on any atom is 0.269 e. The lowest BCUT2D eigenvalue weighted by atomic mass is 10.1. The molecule has 4 aromatic rings. The second kappa shape index (κ2) is 11.1. The number of amides is 2. The van der Waals surface area contributed by atoms with Gasteiger partial charge in [0.25, 0.3) is 5.91 Å². The zero-order chi connectivity index (χ0) is 23.0. The summed E-state index contributed by atoms with van der Waals surface area (Å²) in [6.07, 6.45) is 0.0878. The van der Waals surface area contributed by atoms with Crippen LogP contribution in [0.15, 0.2) is 89.1 Å². The minimum absolute atomic E-state index is 0.0878. The van der Waals surface area contributed by atoms with Crippen molar-refractivity contribution in [3.05, 3.63) is 106 Å². The fraction of sp³-hybridized carbons (Fsp3) is 0.0800. The van der Waals surface area contributed by atoms with Crippen LogP contribution in [0.4, 0.5) is 0 Å². The van der Waals surface area contributed by atoms with Crippen LogP contribution in [0.5, 0.6) is 0 Å². The van der Waals surface area contributed by atoms with Crippen molar-refractivity contribution in [2.75, 3.05) is 0 Å². The van der Waals surface area contributed by atoms with Crippen molar-refractivity contribution in [3.63, 3.8) is 0 Å². The third-order valence-corrected chi connectivity index (χ3v) is 6.94. The van der Waals surface area contributed by atoms with Gasteiger partial charge in [-0.15, -0.1) is 23.1 Å². The molecule has 0 radical (unpaired) electrons. The number of rotatable bonds is 7. The Labute approximate surface area is 205 Å². The van der Waals surface area contributed by atoms with Gasteiger partial charge in [-0.1, -0.05) is 54.1 Å². The van der Waals surface area contributed by atoms with Gasteiger partial charge in [-0.3, -0.25) is 20.4 Å². The maximum atomic E-state index is 12.4. The van der Waals surface area contributed by atoms with Crippen molar-refractivity contribution in [3.8, 4) is 10.6 Å². The van der Waals surface area contributed by atoms with E-state index in [0.29, 0.717) is 16.3 Å². The summed E-state index contributed by atoms with van der Waals surface area (Å²) in [5.74, 6) is 0.0755. The largest absolute Gasteiger partial charge is 0.273 e. The van der Waals surface area contributed by atoms with E-state index < -0.39 is 0 Å². The van der Waals surface area contributed by atoms with Crippen molar-refractivity contribution in [1.82, 2.24) is 15.8 Å². The molecule has 0 bridgehead atoms. The molecule has 5 nitrogen and oxygen atoms in total. The number of carbonyl (C=O) groups is 2. The molecular weight excluding hydrogens is 474 g/mol. The second-order valence-electron chi connectivity index (χ2n) is 7.13. The van der Waals surface area contributed by atoms with E-state index in [2.05, 4.69) is 15.8 Å². The SMILES string of the molecule is O=C(Cc1csc(-c2ccccc2)n1)NNC(=O)c1ccc(CSc2ccc(Cl)cc2)cc1. The van der Waals surface area contributed by atoms with E-state index in [1.54, 1.807) is 23.9 Å². The normalized spacial score (nSPS) is 10.6. The van der Waals surface area contributed by atoms with E-state index in [4.69, 9.17) is 11.6 Å². The minimum Gasteiger partial charge on any atom is -0.273 e. The molecule has 2 N–H and O–H groups in total. The molecule has 2 amide bonds. The number of thioether (sulfide) groups is 1. The third-order valence-electron chi connectivity index (χ3n) is 4.66. The topological polar surface area (TPSA) is 71.1 Å². The van der Waals surface area contributed by atoms with Gasteiger partial charge >= 0.3 is 0 Å². The summed E-state index contributed by atoms with van der Waals surface area (Å²) < 4.78 is 0. The predicted octanol–water partition coefficient (Wildman–Crippen LogP) is 5.76. The van der Waals surface area contributed by atoms with Gasteiger partial charge in [0.05, 0.1) is 12.1 Å². The standard InChI is InChI=1S/C25H20ClN3O2S2/c26-20-10-12-22(13-11-20)32-15-17-6-8-18(9-7-17)24(31)29-28-23(30)14-21-16-33-25(27-21)19-4-2-1-3-5-19/h1-13,16H,14-15H2,(H,28,30)(H,29,31). The Kier molecular flexibility index (Phi) is 7.78. The van der Waals surface area contributed by atoms with Gasteiger partial charge in [-0.25, -0.2) is 4.98 Å². The van der Waals surface area contributed by atoms with Crippen LogP contribution in [0.2, 0.25) is 5.02 Å². The quantitative estimate of drug-likeness (QED) is 0.253. The molecule has 0 aliphatic heterocycles. The number of carbonyl (C=O) groups excluding carboxylic acids is 2. The Morgan fingerprint density at radius 3 is 2.36 bits per heavy atom. The highest BCUT2D eigenvalue weighted by Crippen LogP contribution is 2.25. The number of hydrogen-bond donors (Lipinski definition) is 2. The van der Waals surface area contributed by atoms with Gasteiger partial charge in [0, 0.05) is 32.2 Å². The van der Waals surface area contributed by atoms with Crippen LogP contribution >= 0.6 is 34.7 Å². The molecule has 0 fully saturated rings. The van der Waals surface area contributed by atoms with Crippen LogP contribution in [0.1, 0.15) is 21.6 Å². The zero-order valence-corrected chi connectivity index (χ0v) is 19.8. The molecular formula is C25H20ClN3O2S2. The smallest absolute Gasteiger partial charge is 0.269 e. The Hall–Kier alpha value is -3.13. The Bertz CT molecular complexity index is 1230. The molecule has 8 heteroatoms. The highest BCUT2D eigenvalue weighted by molar-refractivity contribution is 7.98. The lowest BCUT2D eigenvalue weighted by Crippen LogP contribution is -2.42. The minimum atomic E-state index is -0.372. The van der Waals surface area contributed by atoms with Crippen molar-refractivity contribution >= 4 is 46.5 Å². The average molecular weight is 494 g/mol. The summed E-state index contributed by atoms with van der Waals surface area (Å²) >= 11 is 9.08. The highest BCUT2D eigenvalue weighted by Gasteiger charge is 2.11. The maximum absolute atomic E-state index is 12.4. The number of nitrogens with zero attached hydrogens (tertiary/aromatic N) is 1. The number of benzene rings is 3. The Morgan fingerprint density at radius 2 is 1.64 bits per heavy atom. The molecule has 3 aromatic carbocycles. The zero-order valence-electron chi connectivity index (χ0n) is 17.5. The number of hydrogen-bond acceptors (Lipinski definition) is 5. The van der Waals surface area contributed by atoms with Crippen LogP contribution in [0.25, 0.3) is 10.6 Å². The van der Waals surface area contributed by atoms with Gasteiger partial charge in [0.15, 0.2) is 0 Å². The summed E-state index contributed by atoms with van der Waals surface area (Å²) in [7, 11) is 0. The van der Waals surface area contributed by atoms with Gasteiger partial charge in [-0.2, -0.15) is 0 Å². The Balaban J connectivity index is 1.24. The fourth-order valence-corrected chi connectivity index (χ4v) is 4.76. The molecule has 1 heterocycles. The van der Waals surface area contributed by atoms with Crippen LogP contribution in [0, 0.1) is 0 Å². The molecule has 0 aliphatic carbocycles. The lowest BCUT2D eigenvalue weighted by molar-refractivity contribution is -0.121. The van der Waals surface area contributed by atoms with E-state index in [-0.39, 0.29) is 18.2 Å². The molecule has 0 spiro atoms. The molecule has 0 saturated carbocycles. The van der Waals surface area contributed by atoms with E-state index >= 15 is 0 Å². The van der Waals surface area contributed by atoms with Gasteiger partial charge < -0.3 is 0 Å². The predicted molar refractivity (Wildman–Crippen MR) is 134 cm³/mol. The van der Waals surface area contributed by atoms with Crippen LogP contribution in [-0.2, 0) is 17.0 Å². The first-order chi connectivity index (χ1) is 16.1. The van der Waals surface area contributed by atoms with Crippen molar-refractivity contribution in [1.29, 1.82) is 0 Å². The van der Waals surface area contributed by atoms with Crippen molar-refractivity contribution in [2.45, 2.75) is 17.1 Å². The third kappa shape index (κ3) is 6.68. The van der Waals surface area contributed by atoms with Crippen LogP contribution < -0.4 is 10.9 Å². The number of halogens is 1. The number of thiazole rings is 1. The van der Waals surface area contributed by atoms with E-state index in [1.807, 2.05) is 72.1 Å². The molecule has 0 unspecified atom stereocenters. The number of hydrazine groups is 1. The first kappa shape index (κ1) is 23.0. The number of aromatic nitrogens is 1. The summed E-state index contributed by atoms with van der Waals surface area (Å²) in [5.41, 5.74) is 8.15. The van der Waals surface area contributed by atoms with E-state index in [9.17, 15) is 9.59 Å². The summed E-state index contributed by atoms with van der Waals surface area (Å²) in [6.45, 7) is 0. The average Bonchev–Trinajstić information content (AvgIpc) is 3.31. The summed E-state index contributed by atoms with van der Waals surface area (Å²) in [4.78, 5) is 30.2.